The van der Waals surface area contributed by atoms with Crippen molar-refractivity contribution in [2.24, 2.45) is 5.92 Å². The van der Waals surface area contributed by atoms with E-state index < -0.39 is 0 Å². The van der Waals surface area contributed by atoms with Crippen LogP contribution < -0.4 is 10.6 Å². The molecule has 0 atom stereocenters. The molecule has 0 spiro atoms. The molecule has 27 heavy (non-hydrogen) atoms. The van der Waals surface area contributed by atoms with Crippen LogP contribution in [-0.2, 0) is 24.3 Å². The molecule has 142 valence electrons. The smallest absolute Gasteiger partial charge is 0.318 e. The molecule has 0 radical (unpaired) electrons. The van der Waals surface area contributed by atoms with Gasteiger partial charge in [-0.3, -0.25) is 4.79 Å². The van der Waals surface area contributed by atoms with Crippen molar-refractivity contribution in [3.05, 3.63) is 45.4 Å². The highest BCUT2D eigenvalue weighted by Crippen LogP contribution is 2.31. The van der Waals surface area contributed by atoms with E-state index in [1.807, 2.05) is 24.3 Å². The van der Waals surface area contributed by atoms with Crippen LogP contribution in [-0.4, -0.2) is 28.4 Å². The zero-order valence-corrected chi connectivity index (χ0v) is 16.4. The van der Waals surface area contributed by atoms with Crippen LogP contribution in [0, 0.1) is 5.92 Å². The second kappa shape index (κ2) is 7.86. The van der Waals surface area contributed by atoms with Crippen molar-refractivity contribution in [3.8, 4) is 0 Å². The normalized spacial score (nSPS) is 16.4. The SMILES string of the molecule is O=C(Nc1nc2c(s1)CN(C(=O)NCc1ccc(Cl)cc1)CC2)C1CCC1. The summed E-state index contributed by atoms with van der Waals surface area (Å²) in [6.07, 6.45) is 3.78. The lowest BCUT2D eigenvalue weighted by atomic mass is 9.85. The third kappa shape index (κ3) is 4.25. The van der Waals surface area contributed by atoms with Crippen LogP contribution in [0.2, 0.25) is 5.02 Å². The van der Waals surface area contributed by atoms with E-state index >= 15 is 0 Å². The minimum absolute atomic E-state index is 0.0740. The topological polar surface area (TPSA) is 74.3 Å². The fourth-order valence-corrected chi connectivity index (χ4v) is 4.34. The molecule has 8 heteroatoms. The van der Waals surface area contributed by atoms with Crippen LogP contribution in [0.4, 0.5) is 9.93 Å². The molecular weight excluding hydrogens is 384 g/mol. The van der Waals surface area contributed by atoms with Gasteiger partial charge < -0.3 is 15.5 Å². The first-order valence-corrected chi connectivity index (χ1v) is 10.3. The lowest BCUT2D eigenvalue weighted by Gasteiger charge is -2.26. The molecule has 2 heterocycles. The van der Waals surface area contributed by atoms with Gasteiger partial charge in [-0.25, -0.2) is 9.78 Å². The maximum absolute atomic E-state index is 12.5. The first-order valence-electron chi connectivity index (χ1n) is 9.15. The third-order valence-corrected chi connectivity index (χ3v) is 6.33. The minimum Gasteiger partial charge on any atom is -0.334 e. The highest BCUT2D eigenvalue weighted by atomic mass is 35.5. The number of hydrogen-bond donors (Lipinski definition) is 2. The summed E-state index contributed by atoms with van der Waals surface area (Å²) in [6, 6.07) is 7.33. The Hall–Kier alpha value is -2.12. The largest absolute Gasteiger partial charge is 0.334 e. The van der Waals surface area contributed by atoms with Crippen molar-refractivity contribution in [3.63, 3.8) is 0 Å². The van der Waals surface area contributed by atoms with Gasteiger partial charge >= 0.3 is 6.03 Å². The number of thiazole rings is 1. The number of rotatable bonds is 4. The molecule has 4 rings (SSSR count). The number of fused-ring (bicyclic) bond motifs is 1. The van der Waals surface area contributed by atoms with E-state index in [0.717, 1.165) is 35.4 Å². The van der Waals surface area contributed by atoms with E-state index in [4.69, 9.17) is 11.6 Å². The molecule has 1 aromatic carbocycles. The number of hydrogen-bond acceptors (Lipinski definition) is 4. The van der Waals surface area contributed by atoms with Crippen LogP contribution in [0.1, 0.15) is 35.4 Å². The highest BCUT2D eigenvalue weighted by molar-refractivity contribution is 7.15. The zero-order valence-electron chi connectivity index (χ0n) is 14.8. The number of nitrogens with zero attached hydrogens (tertiary/aromatic N) is 2. The van der Waals surface area contributed by atoms with Crippen LogP contribution >= 0.6 is 22.9 Å². The number of anilines is 1. The summed E-state index contributed by atoms with van der Waals surface area (Å²) in [5, 5.41) is 7.21. The summed E-state index contributed by atoms with van der Waals surface area (Å²) >= 11 is 7.35. The fourth-order valence-electron chi connectivity index (χ4n) is 3.19. The summed E-state index contributed by atoms with van der Waals surface area (Å²) in [5.41, 5.74) is 2.00. The third-order valence-electron chi connectivity index (χ3n) is 5.08. The van der Waals surface area contributed by atoms with Crippen LogP contribution in [0.3, 0.4) is 0 Å². The summed E-state index contributed by atoms with van der Waals surface area (Å²) in [4.78, 5) is 31.9. The van der Waals surface area contributed by atoms with Gasteiger partial charge in [0, 0.05) is 35.3 Å². The van der Waals surface area contributed by atoms with Crippen molar-refractivity contribution in [2.75, 3.05) is 11.9 Å². The van der Waals surface area contributed by atoms with Gasteiger partial charge in [0.05, 0.1) is 12.2 Å². The van der Waals surface area contributed by atoms with Gasteiger partial charge in [-0.05, 0) is 30.5 Å². The Kier molecular flexibility index (Phi) is 5.31. The lowest BCUT2D eigenvalue weighted by Crippen LogP contribution is -2.42. The number of nitrogens with one attached hydrogen (secondary N) is 2. The number of carbonyl (C=O) groups is 2. The highest BCUT2D eigenvalue weighted by Gasteiger charge is 2.28. The molecule has 1 aromatic heterocycles. The molecule has 0 bridgehead atoms. The Morgan fingerprint density at radius 1 is 1.26 bits per heavy atom. The van der Waals surface area contributed by atoms with Crippen LogP contribution in [0.15, 0.2) is 24.3 Å². The van der Waals surface area contributed by atoms with Gasteiger partial charge in [-0.2, -0.15) is 0 Å². The number of halogens is 1. The lowest BCUT2D eigenvalue weighted by molar-refractivity contribution is -0.122. The molecule has 1 saturated carbocycles. The minimum atomic E-state index is -0.0935. The van der Waals surface area contributed by atoms with Crippen molar-refractivity contribution in [1.82, 2.24) is 15.2 Å². The molecule has 0 unspecified atom stereocenters. The van der Waals surface area contributed by atoms with Crippen LogP contribution in [0.25, 0.3) is 0 Å². The summed E-state index contributed by atoms with van der Waals surface area (Å²) < 4.78 is 0. The van der Waals surface area contributed by atoms with Gasteiger partial charge in [0.2, 0.25) is 5.91 Å². The number of amides is 3. The van der Waals surface area contributed by atoms with Gasteiger partial charge in [-0.15, -0.1) is 0 Å². The Morgan fingerprint density at radius 3 is 2.74 bits per heavy atom. The van der Waals surface area contributed by atoms with Gasteiger partial charge in [-0.1, -0.05) is 41.5 Å². The van der Waals surface area contributed by atoms with E-state index in [0.29, 0.717) is 36.2 Å². The first-order chi connectivity index (χ1) is 13.1. The molecule has 2 N–H and O–H groups in total. The second-order valence-electron chi connectivity index (χ2n) is 6.96. The molecule has 1 fully saturated rings. The summed E-state index contributed by atoms with van der Waals surface area (Å²) in [5.74, 6) is 0.214. The van der Waals surface area contributed by atoms with E-state index in [9.17, 15) is 9.59 Å². The van der Waals surface area contributed by atoms with Crippen molar-refractivity contribution >= 4 is 40.0 Å². The predicted molar refractivity (Wildman–Crippen MR) is 106 cm³/mol. The maximum Gasteiger partial charge on any atom is 0.318 e. The van der Waals surface area contributed by atoms with E-state index in [1.165, 1.54) is 11.3 Å². The average molecular weight is 405 g/mol. The molecule has 1 aliphatic carbocycles. The standard InChI is InChI=1S/C19H21ClN4O2S/c20-14-6-4-12(5-7-14)10-21-19(26)24-9-8-15-16(11-24)27-18(22-15)23-17(25)13-2-1-3-13/h4-7,13H,1-3,8-11H2,(H,21,26)(H,22,23,25). The Morgan fingerprint density at radius 2 is 2.04 bits per heavy atom. The maximum atomic E-state index is 12.5. The van der Waals surface area contributed by atoms with E-state index in [2.05, 4.69) is 15.6 Å². The van der Waals surface area contributed by atoms with Crippen LogP contribution in [0.5, 0.6) is 0 Å². The molecule has 2 aromatic rings. The van der Waals surface area contributed by atoms with Crippen molar-refractivity contribution < 1.29 is 9.59 Å². The Labute approximate surface area is 166 Å². The number of urea groups is 1. The second-order valence-corrected chi connectivity index (χ2v) is 8.48. The number of aromatic nitrogens is 1. The van der Waals surface area contributed by atoms with E-state index in [-0.39, 0.29) is 17.9 Å². The average Bonchev–Trinajstić information content (AvgIpc) is 3.00. The van der Waals surface area contributed by atoms with Gasteiger partial charge in [0.25, 0.3) is 0 Å². The van der Waals surface area contributed by atoms with E-state index in [1.54, 1.807) is 4.90 Å². The quantitative estimate of drug-likeness (QED) is 0.813. The van der Waals surface area contributed by atoms with Gasteiger partial charge in [0.1, 0.15) is 0 Å². The Balaban J connectivity index is 1.32. The monoisotopic (exact) mass is 404 g/mol. The fraction of sp³-hybridized carbons (Fsp3) is 0.421. The predicted octanol–water partition coefficient (Wildman–Crippen LogP) is 3.80. The molecular formula is C19H21ClN4O2S. The molecule has 1 aliphatic heterocycles. The number of carbonyl (C=O) groups excluding carboxylic acids is 2. The number of benzene rings is 1. The molecule has 6 nitrogen and oxygen atoms in total. The summed E-state index contributed by atoms with van der Waals surface area (Å²) in [6.45, 7) is 1.61. The summed E-state index contributed by atoms with van der Waals surface area (Å²) in [7, 11) is 0. The molecule has 0 saturated heterocycles. The van der Waals surface area contributed by atoms with Crippen molar-refractivity contribution in [1.29, 1.82) is 0 Å². The molecule has 3 amide bonds. The van der Waals surface area contributed by atoms with Crippen molar-refractivity contribution in [2.45, 2.75) is 38.8 Å². The zero-order chi connectivity index (χ0) is 18.8. The van der Waals surface area contributed by atoms with Gasteiger partial charge in [0.15, 0.2) is 5.13 Å². The first kappa shape index (κ1) is 18.3. The Bertz CT molecular complexity index is 848. The molecule has 2 aliphatic rings.